The van der Waals surface area contributed by atoms with Crippen molar-refractivity contribution in [2.45, 2.75) is 32.1 Å². The van der Waals surface area contributed by atoms with Crippen molar-refractivity contribution < 1.29 is 13.2 Å². The van der Waals surface area contributed by atoms with Gasteiger partial charge in [-0.25, -0.2) is 32.6 Å². The van der Waals surface area contributed by atoms with Gasteiger partial charge in [0.2, 0.25) is 5.95 Å². The minimum Gasteiger partial charge on any atom is -0.346 e. The molecule has 4 aromatic rings. The largest absolute Gasteiger partial charge is 0.346 e. The lowest BCUT2D eigenvalue weighted by molar-refractivity contribution is 0.127. The summed E-state index contributed by atoms with van der Waals surface area (Å²) in [5.41, 5.74) is 3.04. The first kappa shape index (κ1) is 18.8. The number of hydrogen-bond acceptors (Lipinski definition) is 6. The molecular weight excluding hydrogens is 397 g/mol. The Labute approximate surface area is 169 Å². The van der Waals surface area contributed by atoms with E-state index in [1.807, 2.05) is 6.07 Å². The van der Waals surface area contributed by atoms with Gasteiger partial charge in [-0.15, -0.1) is 5.10 Å². The predicted molar refractivity (Wildman–Crippen MR) is 105 cm³/mol. The second-order valence-corrected chi connectivity index (χ2v) is 7.27. The van der Waals surface area contributed by atoms with Crippen LogP contribution < -0.4 is 10.6 Å². The van der Waals surface area contributed by atoms with Gasteiger partial charge in [0, 0.05) is 24.8 Å². The van der Waals surface area contributed by atoms with Gasteiger partial charge in [0.15, 0.2) is 5.65 Å². The molecule has 0 unspecified atom stereocenters. The molecule has 0 amide bonds. The second-order valence-electron chi connectivity index (χ2n) is 7.27. The molecule has 156 valence electrons. The van der Waals surface area contributed by atoms with Gasteiger partial charge < -0.3 is 15.2 Å². The fourth-order valence-electron chi connectivity index (χ4n) is 3.76. The van der Waals surface area contributed by atoms with Crippen molar-refractivity contribution >= 4 is 22.6 Å². The van der Waals surface area contributed by atoms with E-state index in [0.29, 0.717) is 47.2 Å². The Balaban J connectivity index is 1.50. The number of hydrogen-bond donors (Lipinski definition) is 2. The summed E-state index contributed by atoms with van der Waals surface area (Å²) in [6.45, 7) is 2.04. The summed E-state index contributed by atoms with van der Waals surface area (Å²) >= 11 is 0. The van der Waals surface area contributed by atoms with Gasteiger partial charge in [-0.1, -0.05) is 0 Å². The molecule has 30 heavy (non-hydrogen) atoms. The van der Waals surface area contributed by atoms with Crippen molar-refractivity contribution in [2.75, 3.05) is 18.4 Å². The number of nitrogens with zero attached hydrogens (tertiary/aromatic N) is 6. The number of rotatable bonds is 5. The summed E-state index contributed by atoms with van der Waals surface area (Å²) in [6.07, 6.45) is -0.110. The van der Waals surface area contributed by atoms with Crippen LogP contribution in [-0.4, -0.2) is 60.9 Å². The van der Waals surface area contributed by atoms with Crippen LogP contribution in [0.5, 0.6) is 0 Å². The van der Waals surface area contributed by atoms with Gasteiger partial charge in [-0.3, -0.25) is 0 Å². The van der Waals surface area contributed by atoms with E-state index in [0.717, 1.165) is 5.56 Å². The van der Waals surface area contributed by atoms with Crippen LogP contribution in [0.15, 0.2) is 30.6 Å². The highest BCUT2D eigenvalue weighted by atomic mass is 19.3. The summed E-state index contributed by atoms with van der Waals surface area (Å²) in [5.74, 6) is 0.818. The first-order valence-electron chi connectivity index (χ1n) is 9.57. The molecule has 8 nitrogen and oxygen atoms in total. The molecule has 0 aliphatic carbocycles. The number of alkyl halides is 3. The van der Waals surface area contributed by atoms with Gasteiger partial charge in [0.05, 0.1) is 30.0 Å². The van der Waals surface area contributed by atoms with Gasteiger partial charge >= 0.3 is 0 Å². The smallest absolute Gasteiger partial charge is 0.256 e. The Morgan fingerprint density at radius 3 is 2.87 bits per heavy atom. The number of fused-ring (bicyclic) bond motifs is 2. The molecule has 0 aromatic carbocycles. The van der Waals surface area contributed by atoms with Gasteiger partial charge in [-0.05, 0) is 25.1 Å². The molecular formula is C19H19F3N8. The third kappa shape index (κ3) is 3.24. The van der Waals surface area contributed by atoms with Crippen molar-refractivity contribution in [3.05, 3.63) is 36.4 Å². The second kappa shape index (κ2) is 7.24. The third-order valence-corrected chi connectivity index (χ3v) is 5.25. The number of aryl methyl sites for hydroxylation is 1. The number of aromatic nitrogens is 6. The average molecular weight is 416 g/mol. The normalized spacial score (nSPS) is 19.4. The van der Waals surface area contributed by atoms with E-state index >= 15 is 0 Å². The molecule has 1 aliphatic heterocycles. The van der Waals surface area contributed by atoms with E-state index in [9.17, 15) is 13.2 Å². The number of nitrogens with one attached hydrogen (secondary N) is 2. The molecule has 0 spiro atoms. The number of pyridine rings is 1. The Morgan fingerprint density at radius 1 is 1.23 bits per heavy atom. The minimum atomic E-state index is -2.50. The minimum absolute atomic E-state index is 0.309. The van der Waals surface area contributed by atoms with Gasteiger partial charge in [0.1, 0.15) is 17.5 Å². The predicted octanol–water partition coefficient (Wildman–Crippen LogP) is 2.44. The Bertz CT molecular complexity index is 1220. The maximum atomic E-state index is 13.8. The quantitative estimate of drug-likeness (QED) is 0.520. The fourth-order valence-corrected chi connectivity index (χ4v) is 3.76. The molecule has 4 aromatic heterocycles. The molecule has 1 saturated heterocycles. The number of imidazole rings is 1. The molecule has 1 aliphatic rings. The van der Waals surface area contributed by atoms with Crippen LogP contribution in [-0.2, 0) is 6.54 Å². The standard InChI is InChI=1S/C19H19F3N8/c1-10-25-14-3-2-13(26-18(14)29(10)9-17(21)22)11-4-5-30-16(11)8-24-19(28-30)27-15-7-23-6-12(15)20/h2-5,8,12,15,17,23H,6-7,9H2,1H3,(H,27,28)/t12-,15+/m1/s1. The van der Waals surface area contributed by atoms with Crippen LogP contribution in [0.1, 0.15) is 5.82 Å². The topological polar surface area (TPSA) is 85.0 Å². The maximum absolute atomic E-state index is 13.8. The average Bonchev–Trinajstić information content (AvgIpc) is 3.39. The monoisotopic (exact) mass is 416 g/mol. The summed E-state index contributed by atoms with van der Waals surface area (Å²) in [7, 11) is 0. The molecule has 2 atom stereocenters. The molecule has 11 heteroatoms. The lowest BCUT2D eigenvalue weighted by Gasteiger charge is -2.13. The van der Waals surface area contributed by atoms with E-state index in [-0.39, 0.29) is 6.04 Å². The highest BCUT2D eigenvalue weighted by Crippen LogP contribution is 2.26. The molecule has 2 N–H and O–H groups in total. The van der Waals surface area contributed by atoms with Crippen molar-refractivity contribution in [3.63, 3.8) is 0 Å². The zero-order valence-electron chi connectivity index (χ0n) is 16.1. The van der Waals surface area contributed by atoms with Crippen LogP contribution in [0, 0.1) is 6.92 Å². The fraction of sp³-hybridized carbons (Fsp3) is 0.368. The van der Waals surface area contributed by atoms with Gasteiger partial charge in [0.25, 0.3) is 6.43 Å². The van der Waals surface area contributed by atoms with Crippen molar-refractivity contribution in [2.24, 2.45) is 0 Å². The van der Waals surface area contributed by atoms with E-state index in [2.05, 4.69) is 30.7 Å². The van der Waals surface area contributed by atoms with E-state index in [4.69, 9.17) is 0 Å². The molecule has 0 bridgehead atoms. The van der Waals surface area contributed by atoms with Crippen molar-refractivity contribution in [1.82, 2.24) is 34.4 Å². The van der Waals surface area contributed by atoms with E-state index in [1.54, 1.807) is 36.0 Å². The molecule has 1 fully saturated rings. The molecule has 5 heterocycles. The number of halogens is 3. The summed E-state index contributed by atoms with van der Waals surface area (Å²) in [6, 6.07) is 5.01. The summed E-state index contributed by atoms with van der Waals surface area (Å²) < 4.78 is 42.8. The van der Waals surface area contributed by atoms with E-state index in [1.165, 1.54) is 4.57 Å². The SMILES string of the molecule is Cc1nc2ccc(-c3ccn4nc(N[C@H]5CNC[C@H]5F)ncc34)nc2n1CC(F)F. The zero-order chi connectivity index (χ0) is 20.8. The summed E-state index contributed by atoms with van der Waals surface area (Å²) in [4.78, 5) is 13.2. The van der Waals surface area contributed by atoms with Crippen LogP contribution >= 0.6 is 0 Å². The van der Waals surface area contributed by atoms with Crippen molar-refractivity contribution in [3.8, 4) is 11.3 Å². The van der Waals surface area contributed by atoms with E-state index < -0.39 is 19.1 Å². The van der Waals surface area contributed by atoms with Crippen LogP contribution in [0.3, 0.4) is 0 Å². The zero-order valence-corrected chi connectivity index (χ0v) is 16.1. The molecule has 0 radical (unpaired) electrons. The van der Waals surface area contributed by atoms with Crippen LogP contribution in [0.25, 0.3) is 27.9 Å². The Hall–Kier alpha value is -3.21. The number of anilines is 1. The van der Waals surface area contributed by atoms with Crippen molar-refractivity contribution in [1.29, 1.82) is 0 Å². The first-order chi connectivity index (χ1) is 14.5. The Morgan fingerprint density at radius 2 is 2.10 bits per heavy atom. The molecule has 5 rings (SSSR count). The Kier molecular flexibility index (Phi) is 4.54. The highest BCUT2D eigenvalue weighted by molar-refractivity contribution is 5.82. The maximum Gasteiger partial charge on any atom is 0.256 e. The van der Waals surface area contributed by atoms with Crippen LogP contribution in [0.4, 0.5) is 19.1 Å². The third-order valence-electron chi connectivity index (χ3n) is 5.25. The lowest BCUT2D eigenvalue weighted by Crippen LogP contribution is -2.30. The van der Waals surface area contributed by atoms with Gasteiger partial charge in [-0.2, -0.15) is 0 Å². The molecule has 0 saturated carbocycles. The lowest BCUT2D eigenvalue weighted by atomic mass is 10.2. The summed E-state index contributed by atoms with van der Waals surface area (Å²) in [5, 5.41) is 10.4. The highest BCUT2D eigenvalue weighted by Gasteiger charge is 2.27. The first-order valence-corrected chi connectivity index (χ1v) is 9.57. The van der Waals surface area contributed by atoms with Crippen LogP contribution in [0.2, 0.25) is 0 Å².